The Morgan fingerprint density at radius 3 is 2.41 bits per heavy atom. The first-order valence-electron chi connectivity index (χ1n) is 11.0. The van der Waals surface area contributed by atoms with Crippen LogP contribution in [0, 0.1) is 5.92 Å². The molecule has 2 amide bonds. The third-order valence-corrected chi connectivity index (χ3v) is 7.55. The number of aryl methyl sites for hydroxylation is 1. The highest BCUT2D eigenvalue weighted by Gasteiger charge is 2.34. The van der Waals surface area contributed by atoms with Gasteiger partial charge in [-0.2, -0.15) is 4.31 Å². The van der Waals surface area contributed by atoms with Crippen molar-refractivity contribution in [3.05, 3.63) is 66.2 Å². The molecule has 1 heterocycles. The van der Waals surface area contributed by atoms with Gasteiger partial charge < -0.3 is 10.6 Å². The number of benzene rings is 2. The van der Waals surface area contributed by atoms with Crippen LogP contribution in [-0.2, 0) is 26.0 Å². The van der Waals surface area contributed by atoms with E-state index in [4.69, 9.17) is 0 Å². The van der Waals surface area contributed by atoms with Crippen LogP contribution in [0.1, 0.15) is 31.7 Å². The highest BCUT2D eigenvalue weighted by atomic mass is 32.2. The summed E-state index contributed by atoms with van der Waals surface area (Å²) in [6.07, 6.45) is 2.88. The van der Waals surface area contributed by atoms with Gasteiger partial charge in [-0.3, -0.25) is 9.59 Å². The minimum absolute atomic E-state index is 0.120. The third kappa shape index (κ3) is 6.40. The van der Waals surface area contributed by atoms with Gasteiger partial charge in [-0.05, 0) is 50.3 Å². The summed E-state index contributed by atoms with van der Waals surface area (Å²) >= 11 is 0. The maximum atomic E-state index is 12.9. The van der Waals surface area contributed by atoms with Crippen LogP contribution >= 0.6 is 0 Å². The second-order valence-corrected chi connectivity index (χ2v) is 10.1. The molecule has 0 unspecified atom stereocenters. The topological polar surface area (TPSA) is 95.6 Å². The number of hydrogen-bond donors (Lipinski definition) is 2. The fourth-order valence-electron chi connectivity index (χ4n) is 3.81. The van der Waals surface area contributed by atoms with Crippen molar-refractivity contribution in [2.75, 3.05) is 19.6 Å². The molecule has 2 aromatic rings. The molecule has 2 N–H and O–H groups in total. The minimum atomic E-state index is -3.64. The van der Waals surface area contributed by atoms with Crippen LogP contribution in [-0.4, -0.2) is 50.2 Å². The van der Waals surface area contributed by atoms with Gasteiger partial charge in [0.2, 0.25) is 21.8 Å². The Labute approximate surface area is 190 Å². The number of nitrogens with one attached hydrogen (secondary N) is 2. The molecular weight excluding hydrogens is 426 g/mol. The molecule has 1 aliphatic heterocycles. The molecule has 1 saturated heterocycles. The lowest BCUT2D eigenvalue weighted by atomic mass is 9.98. The molecule has 0 bridgehead atoms. The molecule has 0 aliphatic carbocycles. The van der Waals surface area contributed by atoms with E-state index in [9.17, 15) is 18.0 Å². The summed E-state index contributed by atoms with van der Waals surface area (Å²) in [5.74, 6) is -1.00. The molecule has 3 rings (SSSR count). The quantitative estimate of drug-likeness (QED) is 0.565. The Morgan fingerprint density at radius 2 is 1.72 bits per heavy atom. The van der Waals surface area contributed by atoms with Gasteiger partial charge >= 0.3 is 0 Å². The first-order valence-corrected chi connectivity index (χ1v) is 12.5. The van der Waals surface area contributed by atoms with Crippen molar-refractivity contribution in [3.63, 3.8) is 0 Å². The van der Waals surface area contributed by atoms with Gasteiger partial charge in [0.1, 0.15) is 6.04 Å². The summed E-state index contributed by atoms with van der Waals surface area (Å²) < 4.78 is 27.1. The molecule has 8 heteroatoms. The van der Waals surface area contributed by atoms with E-state index in [2.05, 4.69) is 22.8 Å². The number of amides is 2. The van der Waals surface area contributed by atoms with Crippen molar-refractivity contribution in [2.45, 2.75) is 43.5 Å². The van der Waals surface area contributed by atoms with E-state index in [0.29, 0.717) is 25.9 Å². The Balaban J connectivity index is 1.46. The van der Waals surface area contributed by atoms with Crippen molar-refractivity contribution in [3.8, 4) is 0 Å². The van der Waals surface area contributed by atoms with E-state index in [1.807, 2.05) is 18.2 Å². The Hall–Kier alpha value is -2.71. The SMILES string of the molecule is C[C@H](NC(=O)[C@@H]1CCCN(S(=O)(=O)c2ccccc2)C1)C(=O)NCCCc1ccccc1. The summed E-state index contributed by atoms with van der Waals surface area (Å²) in [5.41, 5.74) is 1.22. The molecule has 32 heavy (non-hydrogen) atoms. The first-order chi connectivity index (χ1) is 15.4. The number of piperidine rings is 1. The molecular formula is C24H31N3O4S. The monoisotopic (exact) mass is 457 g/mol. The van der Waals surface area contributed by atoms with Crippen molar-refractivity contribution >= 4 is 21.8 Å². The molecule has 172 valence electrons. The van der Waals surface area contributed by atoms with Crippen LogP contribution in [0.5, 0.6) is 0 Å². The number of hydrogen-bond acceptors (Lipinski definition) is 4. The highest BCUT2D eigenvalue weighted by Crippen LogP contribution is 2.23. The van der Waals surface area contributed by atoms with Gasteiger partial charge in [-0.15, -0.1) is 0 Å². The number of sulfonamides is 1. The van der Waals surface area contributed by atoms with Gasteiger partial charge in [-0.25, -0.2) is 8.42 Å². The first kappa shape index (κ1) is 23.9. The van der Waals surface area contributed by atoms with Gasteiger partial charge in [0, 0.05) is 19.6 Å². The zero-order valence-corrected chi connectivity index (χ0v) is 19.2. The van der Waals surface area contributed by atoms with Gasteiger partial charge in [0.05, 0.1) is 10.8 Å². The molecule has 1 fully saturated rings. The molecule has 2 atom stereocenters. The van der Waals surface area contributed by atoms with Crippen LogP contribution in [0.2, 0.25) is 0 Å². The van der Waals surface area contributed by atoms with Crippen LogP contribution in [0.4, 0.5) is 0 Å². The van der Waals surface area contributed by atoms with Crippen LogP contribution in [0.3, 0.4) is 0 Å². The number of carbonyl (C=O) groups excluding carboxylic acids is 2. The molecule has 0 saturated carbocycles. The summed E-state index contributed by atoms with van der Waals surface area (Å²) in [6, 6.07) is 17.6. The van der Waals surface area contributed by atoms with E-state index >= 15 is 0 Å². The van der Waals surface area contributed by atoms with E-state index in [1.165, 1.54) is 9.87 Å². The molecule has 0 spiro atoms. The molecule has 1 aliphatic rings. The van der Waals surface area contributed by atoms with E-state index in [-0.39, 0.29) is 23.3 Å². The Morgan fingerprint density at radius 1 is 1.06 bits per heavy atom. The van der Waals surface area contributed by atoms with Crippen LogP contribution in [0.25, 0.3) is 0 Å². The average molecular weight is 458 g/mol. The van der Waals surface area contributed by atoms with E-state index in [1.54, 1.807) is 37.3 Å². The highest BCUT2D eigenvalue weighted by molar-refractivity contribution is 7.89. The number of carbonyl (C=O) groups is 2. The zero-order valence-electron chi connectivity index (χ0n) is 18.4. The fraction of sp³-hybridized carbons (Fsp3) is 0.417. The van der Waals surface area contributed by atoms with Crippen LogP contribution in [0.15, 0.2) is 65.6 Å². The normalized spacial score (nSPS) is 18.0. The lowest BCUT2D eigenvalue weighted by Gasteiger charge is -2.31. The lowest BCUT2D eigenvalue weighted by Crippen LogP contribution is -2.50. The van der Waals surface area contributed by atoms with Crippen molar-refractivity contribution in [2.24, 2.45) is 5.92 Å². The van der Waals surface area contributed by atoms with Gasteiger partial charge in [-0.1, -0.05) is 48.5 Å². The van der Waals surface area contributed by atoms with Gasteiger partial charge in [0.25, 0.3) is 0 Å². The Bertz CT molecular complexity index is 996. The average Bonchev–Trinajstić information content (AvgIpc) is 2.83. The maximum Gasteiger partial charge on any atom is 0.243 e. The number of rotatable bonds is 9. The Kier molecular flexibility index (Phi) is 8.41. The predicted molar refractivity (Wildman–Crippen MR) is 123 cm³/mol. The summed E-state index contributed by atoms with van der Waals surface area (Å²) in [7, 11) is -3.64. The minimum Gasteiger partial charge on any atom is -0.354 e. The maximum absolute atomic E-state index is 12.9. The van der Waals surface area contributed by atoms with Crippen molar-refractivity contribution < 1.29 is 18.0 Å². The number of nitrogens with zero attached hydrogens (tertiary/aromatic N) is 1. The summed E-state index contributed by atoms with van der Waals surface area (Å²) in [6.45, 7) is 2.68. The van der Waals surface area contributed by atoms with E-state index < -0.39 is 22.0 Å². The lowest BCUT2D eigenvalue weighted by molar-refractivity contribution is -0.131. The zero-order chi connectivity index (χ0) is 23.0. The van der Waals surface area contributed by atoms with Gasteiger partial charge in [0.15, 0.2) is 0 Å². The molecule has 7 nitrogen and oxygen atoms in total. The molecule has 2 aromatic carbocycles. The summed E-state index contributed by atoms with van der Waals surface area (Å²) in [5, 5.41) is 5.60. The van der Waals surface area contributed by atoms with E-state index in [0.717, 1.165) is 12.8 Å². The van der Waals surface area contributed by atoms with Crippen LogP contribution < -0.4 is 10.6 Å². The fourth-order valence-corrected chi connectivity index (χ4v) is 5.36. The smallest absolute Gasteiger partial charge is 0.243 e. The third-order valence-electron chi connectivity index (χ3n) is 5.67. The van der Waals surface area contributed by atoms with Crippen molar-refractivity contribution in [1.82, 2.24) is 14.9 Å². The second kappa shape index (κ2) is 11.2. The molecule has 0 aromatic heterocycles. The summed E-state index contributed by atoms with van der Waals surface area (Å²) in [4.78, 5) is 25.3. The molecule has 0 radical (unpaired) electrons. The second-order valence-electron chi connectivity index (χ2n) is 8.13. The largest absolute Gasteiger partial charge is 0.354 e. The standard InChI is InChI=1S/C24H31N3O4S/c1-19(23(28)25-16-8-12-20-10-4-2-5-11-20)26-24(29)21-13-9-17-27(18-21)32(30,31)22-14-6-3-7-15-22/h2-7,10-11,14-15,19,21H,8-9,12-13,16-18H2,1H3,(H,25,28)(H,26,29)/t19-,21+/m0/s1. The predicted octanol–water partition coefficient (Wildman–Crippen LogP) is 2.34. The van der Waals surface area contributed by atoms with Crippen molar-refractivity contribution in [1.29, 1.82) is 0 Å².